The molecular formula is C53H84F10O15. The van der Waals surface area contributed by atoms with E-state index < -0.39 is 115 Å². The maximum atomic E-state index is 12.7. The van der Waals surface area contributed by atoms with Crippen LogP contribution in [0.3, 0.4) is 0 Å². The van der Waals surface area contributed by atoms with Crippen molar-refractivity contribution in [3.63, 3.8) is 0 Å². The highest BCUT2D eigenvalue weighted by atomic mass is 19.4. The van der Waals surface area contributed by atoms with Crippen molar-refractivity contribution in [3.8, 4) is 0 Å². The van der Waals surface area contributed by atoms with Crippen LogP contribution in [0.1, 0.15) is 176 Å². The molecule has 4 fully saturated rings. The van der Waals surface area contributed by atoms with Crippen LogP contribution in [0.5, 0.6) is 0 Å². The molecule has 0 radical (unpaired) electrons. The molecule has 0 bridgehead atoms. The van der Waals surface area contributed by atoms with Crippen molar-refractivity contribution in [2.45, 2.75) is 255 Å². The fourth-order valence-electron chi connectivity index (χ4n) is 7.22. The zero-order chi connectivity index (χ0) is 61.1. The highest BCUT2D eigenvalue weighted by Gasteiger charge is 2.67. The number of esters is 6. The van der Waals surface area contributed by atoms with E-state index in [-0.39, 0.29) is 60.7 Å². The summed E-state index contributed by atoms with van der Waals surface area (Å²) in [7, 11) is 0. The van der Waals surface area contributed by atoms with Gasteiger partial charge in [0.1, 0.15) is 12.2 Å². The highest BCUT2D eigenvalue weighted by Crippen LogP contribution is 2.50. The number of halogens is 10. The number of fused-ring (bicyclic) bond motifs is 3. The van der Waals surface area contributed by atoms with Crippen molar-refractivity contribution in [2.24, 2.45) is 39.4 Å². The molecule has 0 aromatic rings. The van der Waals surface area contributed by atoms with E-state index in [2.05, 4.69) is 37.2 Å². The Morgan fingerprint density at radius 2 is 1.01 bits per heavy atom. The van der Waals surface area contributed by atoms with Gasteiger partial charge >= 0.3 is 60.5 Å². The first-order valence-corrected chi connectivity index (χ1v) is 26.2. The Hall–Kier alpha value is -4.00. The van der Waals surface area contributed by atoms with E-state index in [1.165, 1.54) is 13.8 Å². The lowest BCUT2D eigenvalue weighted by molar-refractivity contribution is -0.315. The molecule has 4 rings (SSSR count). The standard InChI is InChI=1S/C22H26F6O9.C13H26O2.C9H14F4O2.C9H18O2/c1-4-19(2,3)18(31)34-12-10-11(32-15(12)30)13-16(33-10)37-20(36-13)7-5-9(6-8-20)14(29)35-17(21(23,24)25)22(26,27)28;1-8-13(6,7)12(14)15-11(9(2)3)10(4)5;1-4-8(2,3)7(14)15-5-9(12,13)6(10)11;1-6-9(4,5)8(10)11-7(2)3/h9-13,16-17H,4-8H2,1-3H3;9-11H,8H2,1-7H3;6H,4-5H2,1-3H3;7H,6H2,1-5H3. The van der Waals surface area contributed by atoms with Gasteiger partial charge in [0, 0.05) is 12.8 Å². The predicted octanol–water partition coefficient (Wildman–Crippen LogP) is 12.2. The van der Waals surface area contributed by atoms with Crippen molar-refractivity contribution in [2.75, 3.05) is 6.61 Å². The Labute approximate surface area is 451 Å². The van der Waals surface area contributed by atoms with Crippen LogP contribution in [0.25, 0.3) is 0 Å². The second kappa shape index (κ2) is 28.1. The van der Waals surface area contributed by atoms with E-state index in [0.29, 0.717) is 24.7 Å². The number of hydrogen-bond donors (Lipinski definition) is 0. The van der Waals surface area contributed by atoms with Crippen LogP contribution in [-0.4, -0.2) is 122 Å². The van der Waals surface area contributed by atoms with Crippen LogP contribution in [-0.2, 0) is 71.4 Å². The summed E-state index contributed by atoms with van der Waals surface area (Å²) in [5.74, 6) is -10.2. The Balaban J connectivity index is 0.000000612. The topological polar surface area (TPSA) is 185 Å². The molecule has 1 saturated carbocycles. The molecule has 25 heteroatoms. The third-order valence-electron chi connectivity index (χ3n) is 14.2. The van der Waals surface area contributed by atoms with Gasteiger partial charge in [-0.2, -0.15) is 35.1 Å². The second-order valence-corrected chi connectivity index (χ2v) is 23.4. The smallest absolute Gasteiger partial charge is 0.434 e. The Morgan fingerprint density at radius 3 is 1.41 bits per heavy atom. The maximum Gasteiger partial charge on any atom is 0.434 e. The number of rotatable bonds is 18. The SMILES string of the molecule is CCC(C)(C)C(=O)OC(C(C)C)C(C)C.CCC(C)(C)C(=O)OC(C)C.CCC(C)(C)C(=O)OC1C(=O)OC2C3OC4(CCC(C(=O)OC(C(F)(F)F)C(F)(F)F)CC4)OC3OC12.CCC(C)(C)C(=O)OCC(F)(F)C(F)F. The number of alkyl halides is 10. The van der Waals surface area contributed by atoms with Crippen molar-refractivity contribution in [1.82, 2.24) is 0 Å². The molecule has 0 N–H and O–H groups in total. The molecule has 0 amide bonds. The van der Waals surface area contributed by atoms with E-state index in [9.17, 15) is 72.7 Å². The van der Waals surface area contributed by atoms with E-state index in [0.717, 1.165) is 12.8 Å². The van der Waals surface area contributed by atoms with Crippen molar-refractivity contribution in [3.05, 3.63) is 0 Å². The highest BCUT2D eigenvalue weighted by molar-refractivity contribution is 5.84. The van der Waals surface area contributed by atoms with Crippen LogP contribution in [0.2, 0.25) is 0 Å². The Morgan fingerprint density at radius 1 is 0.590 bits per heavy atom. The first kappa shape index (κ1) is 72.0. The van der Waals surface area contributed by atoms with Gasteiger partial charge in [0.2, 0.25) is 6.10 Å². The average Bonchev–Trinajstić information content (AvgIpc) is 3.94. The van der Waals surface area contributed by atoms with Gasteiger partial charge < -0.3 is 42.6 Å². The summed E-state index contributed by atoms with van der Waals surface area (Å²) < 4.78 is 171. The second-order valence-electron chi connectivity index (χ2n) is 23.4. The van der Waals surface area contributed by atoms with Gasteiger partial charge in [0.05, 0.1) is 33.7 Å². The summed E-state index contributed by atoms with van der Waals surface area (Å²) in [4.78, 5) is 71.2. The molecular weight excluding hydrogens is 1070 g/mol. The van der Waals surface area contributed by atoms with E-state index >= 15 is 0 Å². The lowest BCUT2D eigenvalue weighted by Crippen LogP contribution is -2.47. The first-order chi connectivity index (χ1) is 35.2. The van der Waals surface area contributed by atoms with Gasteiger partial charge in [0.15, 0.2) is 30.9 Å². The van der Waals surface area contributed by atoms with Gasteiger partial charge in [-0.25, -0.2) is 13.6 Å². The molecule has 4 aliphatic rings. The van der Waals surface area contributed by atoms with E-state index in [1.54, 1.807) is 27.7 Å². The molecule has 3 heterocycles. The van der Waals surface area contributed by atoms with Crippen molar-refractivity contribution >= 4 is 35.8 Å². The summed E-state index contributed by atoms with van der Waals surface area (Å²) in [5, 5.41) is 0. The van der Waals surface area contributed by atoms with Crippen LogP contribution in [0.4, 0.5) is 43.9 Å². The lowest BCUT2D eigenvalue weighted by atomic mass is 9.85. The zero-order valence-electron chi connectivity index (χ0n) is 48.2. The first-order valence-electron chi connectivity index (χ1n) is 26.2. The van der Waals surface area contributed by atoms with Crippen LogP contribution in [0, 0.1) is 39.4 Å². The predicted molar refractivity (Wildman–Crippen MR) is 260 cm³/mol. The largest absolute Gasteiger partial charge is 0.463 e. The van der Waals surface area contributed by atoms with Gasteiger partial charge in [-0.15, -0.1) is 0 Å². The molecule has 5 unspecified atom stereocenters. The molecule has 78 heavy (non-hydrogen) atoms. The van der Waals surface area contributed by atoms with Gasteiger partial charge in [-0.3, -0.25) is 24.0 Å². The van der Waals surface area contributed by atoms with E-state index in [4.69, 9.17) is 33.2 Å². The minimum absolute atomic E-state index is 0.00618. The average molecular weight is 1150 g/mol. The Bertz CT molecular complexity index is 1950. The number of ether oxygens (including phenoxy) is 9. The number of carbonyl (C=O) groups excluding carboxylic acids is 6. The maximum absolute atomic E-state index is 12.7. The number of hydrogen-bond acceptors (Lipinski definition) is 15. The Kier molecular flexibility index (Phi) is 26.0. The quantitative estimate of drug-likeness (QED) is 0.0716. The lowest BCUT2D eigenvalue weighted by Gasteiger charge is -2.36. The number of carbonyl (C=O) groups is 6. The molecule has 3 saturated heterocycles. The van der Waals surface area contributed by atoms with Gasteiger partial charge in [-0.05, 0) is 120 Å². The zero-order valence-corrected chi connectivity index (χ0v) is 48.2. The van der Waals surface area contributed by atoms with Gasteiger partial charge in [0.25, 0.3) is 6.10 Å². The third-order valence-corrected chi connectivity index (χ3v) is 14.2. The molecule has 5 atom stereocenters. The van der Waals surface area contributed by atoms with Crippen molar-refractivity contribution in [1.29, 1.82) is 0 Å². The third kappa shape index (κ3) is 20.2. The monoisotopic (exact) mass is 1150 g/mol. The van der Waals surface area contributed by atoms with Crippen LogP contribution < -0.4 is 0 Å². The van der Waals surface area contributed by atoms with E-state index in [1.807, 2.05) is 55.4 Å². The minimum atomic E-state index is -5.80. The molecule has 0 aromatic carbocycles. The summed E-state index contributed by atoms with van der Waals surface area (Å²) in [6.07, 6.45) is -22.8. The molecule has 15 nitrogen and oxygen atoms in total. The molecule has 1 spiro atoms. The molecule has 456 valence electrons. The fourth-order valence-corrected chi connectivity index (χ4v) is 7.22. The summed E-state index contributed by atoms with van der Waals surface area (Å²) in [5.41, 5.74) is -2.46. The molecule has 0 aromatic heterocycles. The minimum Gasteiger partial charge on any atom is -0.463 e. The van der Waals surface area contributed by atoms with Gasteiger partial charge in [-0.1, -0.05) is 55.4 Å². The molecule has 3 aliphatic heterocycles. The van der Waals surface area contributed by atoms with Crippen molar-refractivity contribution < 1.29 is 115 Å². The summed E-state index contributed by atoms with van der Waals surface area (Å²) >= 11 is 0. The molecule has 1 aliphatic carbocycles. The fraction of sp³-hybridized carbons (Fsp3) is 0.887. The van der Waals surface area contributed by atoms with Crippen LogP contribution >= 0.6 is 0 Å². The normalized spacial score (nSPS) is 23.6. The van der Waals surface area contributed by atoms with Crippen LogP contribution in [0.15, 0.2) is 0 Å². The summed E-state index contributed by atoms with van der Waals surface area (Å²) in [6.45, 7) is 32.0. The summed E-state index contributed by atoms with van der Waals surface area (Å²) in [6, 6.07) is 0.